The second-order valence-electron chi connectivity index (χ2n) is 4.14. The van der Waals surface area contributed by atoms with E-state index in [2.05, 4.69) is 0 Å². The lowest BCUT2D eigenvalue weighted by atomic mass is 10.2. The van der Waals surface area contributed by atoms with Gasteiger partial charge in [-0.05, 0) is 25.0 Å². The molecule has 98 valence electrons. The number of para-hydroxylation sites is 1. The predicted octanol–water partition coefficient (Wildman–Crippen LogP) is 2.33. The fourth-order valence-corrected chi connectivity index (χ4v) is 3.09. The van der Waals surface area contributed by atoms with Crippen LogP contribution >= 0.6 is 11.8 Å². The summed E-state index contributed by atoms with van der Waals surface area (Å²) in [5, 5.41) is 0.508. The van der Waals surface area contributed by atoms with Crippen LogP contribution in [0.4, 0.5) is 5.69 Å². The van der Waals surface area contributed by atoms with Gasteiger partial charge in [0, 0.05) is 23.4 Å². The number of thioether (sulfide) groups is 1. The van der Waals surface area contributed by atoms with Crippen LogP contribution in [0.1, 0.15) is 23.2 Å². The van der Waals surface area contributed by atoms with Crippen LogP contribution in [0.25, 0.3) is 0 Å². The Hall–Kier alpha value is -1.20. The number of methoxy groups -OCH3 is 1. The highest BCUT2D eigenvalue weighted by atomic mass is 32.2. The van der Waals surface area contributed by atoms with Crippen molar-refractivity contribution in [3.63, 3.8) is 0 Å². The van der Waals surface area contributed by atoms with Gasteiger partial charge in [0.2, 0.25) is 0 Å². The van der Waals surface area contributed by atoms with Crippen molar-refractivity contribution in [1.82, 2.24) is 0 Å². The molecule has 1 fully saturated rings. The topological polar surface area (TPSA) is 61.5 Å². The molecule has 0 radical (unpaired) electrons. The SMILES string of the molecule is COC(=O)c1cccc(SC2CCOCC2)c1N. The van der Waals surface area contributed by atoms with Crippen LogP contribution in [0.2, 0.25) is 0 Å². The minimum atomic E-state index is -0.387. The molecule has 0 spiro atoms. The first-order valence-corrected chi connectivity index (χ1v) is 6.81. The number of nitrogen functional groups attached to an aromatic ring is 1. The minimum absolute atomic E-state index is 0.387. The Kier molecular flexibility index (Phi) is 4.49. The number of carbonyl (C=O) groups excluding carboxylic acids is 1. The summed E-state index contributed by atoms with van der Waals surface area (Å²) >= 11 is 1.72. The molecule has 1 saturated heterocycles. The summed E-state index contributed by atoms with van der Waals surface area (Å²) in [5.74, 6) is -0.387. The van der Waals surface area contributed by atoms with Gasteiger partial charge in [0.25, 0.3) is 0 Å². The molecule has 0 aliphatic carbocycles. The Morgan fingerprint density at radius 1 is 1.44 bits per heavy atom. The molecule has 1 aliphatic rings. The Bertz CT molecular complexity index is 430. The molecule has 1 aromatic carbocycles. The van der Waals surface area contributed by atoms with Crippen molar-refractivity contribution >= 4 is 23.4 Å². The third kappa shape index (κ3) is 2.97. The van der Waals surface area contributed by atoms with Gasteiger partial charge in [-0.2, -0.15) is 0 Å². The zero-order valence-electron chi connectivity index (χ0n) is 10.3. The Labute approximate surface area is 111 Å². The average molecular weight is 267 g/mol. The number of benzene rings is 1. The summed E-state index contributed by atoms with van der Waals surface area (Å²) in [7, 11) is 1.36. The number of ether oxygens (including phenoxy) is 2. The van der Waals surface area contributed by atoms with Crippen LogP contribution in [0.3, 0.4) is 0 Å². The van der Waals surface area contributed by atoms with Crippen LogP contribution in [0.15, 0.2) is 23.1 Å². The van der Waals surface area contributed by atoms with Crippen molar-refractivity contribution in [2.45, 2.75) is 23.0 Å². The minimum Gasteiger partial charge on any atom is -0.465 e. The van der Waals surface area contributed by atoms with Gasteiger partial charge in [0.15, 0.2) is 0 Å². The third-order valence-electron chi connectivity index (χ3n) is 2.93. The van der Waals surface area contributed by atoms with Crippen LogP contribution in [-0.4, -0.2) is 31.5 Å². The lowest BCUT2D eigenvalue weighted by molar-refractivity contribution is 0.0601. The van der Waals surface area contributed by atoms with Gasteiger partial charge >= 0.3 is 5.97 Å². The van der Waals surface area contributed by atoms with Gasteiger partial charge in [0.05, 0.1) is 18.4 Å². The van der Waals surface area contributed by atoms with Crippen LogP contribution in [0, 0.1) is 0 Å². The zero-order chi connectivity index (χ0) is 13.0. The Morgan fingerprint density at radius 2 is 2.17 bits per heavy atom. The van der Waals surface area contributed by atoms with Gasteiger partial charge < -0.3 is 15.2 Å². The average Bonchev–Trinajstić information content (AvgIpc) is 2.41. The Balaban J connectivity index is 2.15. The molecule has 1 aliphatic heterocycles. The summed E-state index contributed by atoms with van der Waals surface area (Å²) in [6, 6.07) is 5.47. The van der Waals surface area contributed by atoms with Crippen LogP contribution in [-0.2, 0) is 9.47 Å². The highest BCUT2D eigenvalue weighted by Gasteiger charge is 2.18. The standard InChI is InChI=1S/C13H17NO3S/c1-16-13(15)10-3-2-4-11(12(10)14)18-9-5-7-17-8-6-9/h2-4,9H,5-8,14H2,1H3. The molecule has 0 aromatic heterocycles. The first-order chi connectivity index (χ1) is 8.72. The molecular formula is C13H17NO3S. The molecule has 0 saturated carbocycles. The summed E-state index contributed by atoms with van der Waals surface area (Å²) < 4.78 is 10.0. The normalized spacial score (nSPS) is 16.5. The molecule has 0 bridgehead atoms. The smallest absolute Gasteiger partial charge is 0.339 e. The highest BCUT2D eigenvalue weighted by molar-refractivity contribution is 8.00. The van der Waals surface area contributed by atoms with Crippen molar-refractivity contribution < 1.29 is 14.3 Å². The molecule has 5 heteroatoms. The molecule has 0 amide bonds. The van der Waals surface area contributed by atoms with Gasteiger partial charge in [-0.15, -0.1) is 11.8 Å². The zero-order valence-corrected chi connectivity index (χ0v) is 11.2. The van der Waals surface area contributed by atoms with E-state index in [1.54, 1.807) is 17.8 Å². The van der Waals surface area contributed by atoms with E-state index in [-0.39, 0.29) is 5.97 Å². The summed E-state index contributed by atoms with van der Waals surface area (Å²) in [6.45, 7) is 1.60. The second-order valence-corrected chi connectivity index (χ2v) is 5.48. The molecule has 2 rings (SSSR count). The molecule has 2 N–H and O–H groups in total. The predicted molar refractivity (Wildman–Crippen MR) is 71.9 cm³/mol. The fourth-order valence-electron chi connectivity index (χ4n) is 1.91. The van der Waals surface area contributed by atoms with Crippen molar-refractivity contribution in [3.8, 4) is 0 Å². The molecular weight excluding hydrogens is 250 g/mol. The maximum Gasteiger partial charge on any atom is 0.339 e. The summed E-state index contributed by atoms with van der Waals surface area (Å²) in [5.41, 5.74) is 6.98. The molecule has 4 nitrogen and oxygen atoms in total. The number of anilines is 1. The first-order valence-electron chi connectivity index (χ1n) is 5.93. The molecule has 1 aromatic rings. The van der Waals surface area contributed by atoms with E-state index in [1.807, 2.05) is 12.1 Å². The largest absolute Gasteiger partial charge is 0.465 e. The number of nitrogens with two attached hydrogens (primary N) is 1. The second kappa shape index (κ2) is 6.11. The summed E-state index contributed by atoms with van der Waals surface area (Å²) in [4.78, 5) is 12.5. The highest BCUT2D eigenvalue weighted by Crippen LogP contribution is 2.34. The van der Waals surface area contributed by atoms with Crippen molar-refractivity contribution in [2.75, 3.05) is 26.1 Å². The maximum absolute atomic E-state index is 11.5. The Morgan fingerprint density at radius 3 is 2.83 bits per heavy atom. The van der Waals surface area contributed by atoms with E-state index in [0.717, 1.165) is 31.0 Å². The number of rotatable bonds is 3. The number of hydrogen-bond acceptors (Lipinski definition) is 5. The van der Waals surface area contributed by atoms with Gasteiger partial charge in [-0.25, -0.2) is 4.79 Å². The number of hydrogen-bond donors (Lipinski definition) is 1. The van der Waals surface area contributed by atoms with E-state index in [4.69, 9.17) is 15.2 Å². The van der Waals surface area contributed by atoms with Crippen LogP contribution in [0.5, 0.6) is 0 Å². The van der Waals surface area contributed by atoms with Gasteiger partial charge in [-0.3, -0.25) is 0 Å². The van der Waals surface area contributed by atoms with E-state index in [0.29, 0.717) is 16.5 Å². The van der Waals surface area contributed by atoms with Crippen molar-refractivity contribution in [3.05, 3.63) is 23.8 Å². The van der Waals surface area contributed by atoms with Crippen LogP contribution < -0.4 is 5.73 Å². The number of esters is 1. The van der Waals surface area contributed by atoms with Crippen molar-refractivity contribution in [2.24, 2.45) is 0 Å². The maximum atomic E-state index is 11.5. The van der Waals surface area contributed by atoms with Gasteiger partial charge in [0.1, 0.15) is 0 Å². The lowest BCUT2D eigenvalue weighted by Gasteiger charge is -2.22. The first kappa shape index (κ1) is 13.2. The van der Waals surface area contributed by atoms with E-state index < -0.39 is 0 Å². The van der Waals surface area contributed by atoms with Gasteiger partial charge in [-0.1, -0.05) is 6.07 Å². The molecule has 0 atom stereocenters. The van der Waals surface area contributed by atoms with E-state index in [9.17, 15) is 4.79 Å². The quantitative estimate of drug-likeness (QED) is 0.672. The molecule has 0 unspecified atom stereocenters. The lowest BCUT2D eigenvalue weighted by Crippen LogP contribution is -2.17. The fraction of sp³-hybridized carbons (Fsp3) is 0.462. The van der Waals surface area contributed by atoms with E-state index in [1.165, 1.54) is 7.11 Å². The van der Waals surface area contributed by atoms with E-state index >= 15 is 0 Å². The molecule has 18 heavy (non-hydrogen) atoms. The third-order valence-corrected chi connectivity index (χ3v) is 4.35. The van der Waals surface area contributed by atoms with Crippen molar-refractivity contribution in [1.29, 1.82) is 0 Å². The monoisotopic (exact) mass is 267 g/mol. The number of carbonyl (C=O) groups is 1. The summed E-state index contributed by atoms with van der Waals surface area (Å²) in [6.07, 6.45) is 2.04. The molecule has 1 heterocycles.